The molecule has 0 atom stereocenters. The van der Waals surface area contributed by atoms with Gasteiger partial charge in [0.25, 0.3) is 0 Å². The number of Topliss-reactive ketones (excluding diaryl/α,β-unsaturated/α-hetero) is 1. The van der Waals surface area contributed by atoms with E-state index in [1.54, 1.807) is 4.68 Å². The van der Waals surface area contributed by atoms with E-state index < -0.39 is 0 Å². The molecule has 1 aromatic heterocycles. The zero-order chi connectivity index (χ0) is 19.6. The van der Waals surface area contributed by atoms with E-state index in [0.717, 1.165) is 5.69 Å². The third-order valence-electron chi connectivity index (χ3n) is 3.83. The molecule has 0 aromatic carbocycles. The third-order valence-corrected chi connectivity index (χ3v) is 3.83. The first kappa shape index (κ1) is 22.7. The Morgan fingerprint density at radius 1 is 0.923 bits per heavy atom. The lowest BCUT2D eigenvalue weighted by Crippen LogP contribution is -2.22. The van der Waals surface area contributed by atoms with Gasteiger partial charge in [-0.2, -0.15) is 0 Å². The highest BCUT2D eigenvalue weighted by Crippen LogP contribution is 2.18. The summed E-state index contributed by atoms with van der Waals surface area (Å²) in [7, 11) is 0. The van der Waals surface area contributed by atoms with Crippen molar-refractivity contribution in [3.05, 3.63) is 11.9 Å². The van der Waals surface area contributed by atoms with Crippen LogP contribution in [0, 0.1) is 5.41 Å². The number of hydrogen-bond acceptors (Lipinski definition) is 6. The van der Waals surface area contributed by atoms with Gasteiger partial charge < -0.3 is 14.2 Å². The quantitative estimate of drug-likeness (QED) is 0.527. The van der Waals surface area contributed by atoms with Crippen LogP contribution in [0.1, 0.15) is 53.7 Å². The summed E-state index contributed by atoms with van der Waals surface area (Å²) in [4.78, 5) is 11.7. The SMILES string of the molecule is CC(C)(C)C(=O)CCOCCOCCOCCn1cc(C(C)(C)C)nn1. The minimum absolute atomic E-state index is 0.00898. The van der Waals surface area contributed by atoms with Crippen molar-refractivity contribution in [1.29, 1.82) is 0 Å². The molecule has 0 N–H and O–H groups in total. The summed E-state index contributed by atoms with van der Waals surface area (Å²) in [5.41, 5.74) is 0.692. The summed E-state index contributed by atoms with van der Waals surface area (Å²) in [6, 6.07) is 0. The first-order chi connectivity index (χ1) is 12.1. The van der Waals surface area contributed by atoms with Gasteiger partial charge in [-0.15, -0.1) is 5.10 Å². The minimum atomic E-state index is -0.294. The van der Waals surface area contributed by atoms with Crippen LogP contribution < -0.4 is 0 Å². The number of hydrogen-bond donors (Lipinski definition) is 0. The molecule has 0 fully saturated rings. The maximum absolute atomic E-state index is 11.7. The van der Waals surface area contributed by atoms with Crippen molar-refractivity contribution >= 4 is 5.78 Å². The molecule has 0 aliphatic rings. The van der Waals surface area contributed by atoms with Gasteiger partial charge in [-0.1, -0.05) is 46.8 Å². The predicted octanol–water partition coefficient (Wildman–Crippen LogP) is 2.63. The van der Waals surface area contributed by atoms with Crippen LogP contribution in [0.25, 0.3) is 0 Å². The Labute approximate surface area is 157 Å². The predicted molar refractivity (Wildman–Crippen MR) is 100 cm³/mol. The first-order valence-corrected chi connectivity index (χ1v) is 9.28. The van der Waals surface area contributed by atoms with Gasteiger partial charge in [0.1, 0.15) is 5.78 Å². The highest BCUT2D eigenvalue weighted by atomic mass is 16.5. The smallest absolute Gasteiger partial charge is 0.140 e. The first-order valence-electron chi connectivity index (χ1n) is 9.28. The summed E-state index contributed by atoms with van der Waals surface area (Å²) >= 11 is 0. The summed E-state index contributed by atoms with van der Waals surface area (Å²) in [6.45, 7) is 15.8. The topological polar surface area (TPSA) is 75.5 Å². The fourth-order valence-electron chi connectivity index (χ4n) is 1.99. The van der Waals surface area contributed by atoms with Gasteiger partial charge in [0.2, 0.25) is 0 Å². The second-order valence-electron chi connectivity index (χ2n) is 8.38. The summed E-state index contributed by atoms with van der Waals surface area (Å²) < 4.78 is 18.2. The summed E-state index contributed by atoms with van der Waals surface area (Å²) in [5.74, 6) is 0.217. The lowest BCUT2D eigenvalue weighted by Gasteiger charge is -2.16. The molecule has 7 heteroatoms. The monoisotopic (exact) mass is 369 g/mol. The molecule has 0 saturated heterocycles. The van der Waals surface area contributed by atoms with E-state index in [1.165, 1.54) is 0 Å². The molecule has 26 heavy (non-hydrogen) atoms. The molecule has 0 unspecified atom stereocenters. The Kier molecular flexibility index (Phi) is 9.39. The molecule has 0 aliphatic carbocycles. The number of carbonyl (C=O) groups excluding carboxylic acids is 1. The van der Waals surface area contributed by atoms with Gasteiger partial charge in [0.15, 0.2) is 0 Å². The highest BCUT2D eigenvalue weighted by molar-refractivity contribution is 5.83. The molecule has 1 heterocycles. The van der Waals surface area contributed by atoms with Crippen LogP contribution >= 0.6 is 0 Å². The van der Waals surface area contributed by atoms with Gasteiger partial charge in [-0.3, -0.25) is 4.79 Å². The van der Waals surface area contributed by atoms with Crippen LogP contribution in [0.3, 0.4) is 0 Å². The molecule has 0 aliphatic heterocycles. The van der Waals surface area contributed by atoms with Crippen molar-refractivity contribution < 1.29 is 19.0 Å². The van der Waals surface area contributed by atoms with Crippen LogP contribution in [-0.4, -0.2) is 60.4 Å². The van der Waals surface area contributed by atoms with Gasteiger partial charge in [0.05, 0.1) is 51.9 Å². The van der Waals surface area contributed by atoms with E-state index in [-0.39, 0.29) is 16.6 Å². The molecule has 0 saturated carbocycles. The maximum Gasteiger partial charge on any atom is 0.140 e. The number of ketones is 1. The lowest BCUT2D eigenvalue weighted by molar-refractivity contribution is -0.127. The maximum atomic E-state index is 11.7. The van der Waals surface area contributed by atoms with E-state index >= 15 is 0 Å². The minimum Gasteiger partial charge on any atom is -0.379 e. The van der Waals surface area contributed by atoms with Crippen molar-refractivity contribution in [2.45, 2.75) is 59.9 Å². The third kappa shape index (κ3) is 9.40. The molecule has 0 bridgehead atoms. The second kappa shape index (κ2) is 10.7. The van der Waals surface area contributed by atoms with Gasteiger partial charge >= 0.3 is 0 Å². The molecule has 1 aromatic rings. The van der Waals surface area contributed by atoms with E-state index in [9.17, 15) is 4.79 Å². The fourth-order valence-corrected chi connectivity index (χ4v) is 1.99. The summed E-state index contributed by atoms with van der Waals surface area (Å²) in [5, 5.41) is 8.27. The summed E-state index contributed by atoms with van der Waals surface area (Å²) in [6.07, 6.45) is 2.41. The Bertz CT molecular complexity index is 530. The zero-order valence-corrected chi connectivity index (χ0v) is 17.2. The number of carbonyl (C=O) groups is 1. The van der Waals surface area contributed by atoms with Crippen LogP contribution in [-0.2, 0) is 31.0 Å². The molecule has 0 radical (unpaired) electrons. The zero-order valence-electron chi connectivity index (χ0n) is 17.2. The van der Waals surface area contributed by atoms with E-state index in [0.29, 0.717) is 52.6 Å². The normalized spacial score (nSPS) is 12.5. The molecule has 7 nitrogen and oxygen atoms in total. The number of rotatable bonds is 12. The molecule has 0 spiro atoms. The van der Waals surface area contributed by atoms with Crippen molar-refractivity contribution in [3.8, 4) is 0 Å². The van der Waals surface area contributed by atoms with E-state index in [4.69, 9.17) is 14.2 Å². The molecule has 0 amide bonds. The average Bonchev–Trinajstić information content (AvgIpc) is 3.00. The van der Waals surface area contributed by atoms with Gasteiger partial charge in [0, 0.05) is 23.4 Å². The number of aromatic nitrogens is 3. The molecule has 1 rings (SSSR count). The van der Waals surface area contributed by atoms with Crippen molar-refractivity contribution in [3.63, 3.8) is 0 Å². The number of nitrogens with zero attached hydrogens (tertiary/aromatic N) is 3. The second-order valence-corrected chi connectivity index (χ2v) is 8.38. The lowest BCUT2D eigenvalue weighted by atomic mass is 9.89. The highest BCUT2D eigenvalue weighted by Gasteiger charge is 2.20. The van der Waals surface area contributed by atoms with Crippen molar-refractivity contribution in [2.24, 2.45) is 5.41 Å². The fraction of sp³-hybridized carbons (Fsp3) is 0.842. The van der Waals surface area contributed by atoms with Crippen LogP contribution in [0.2, 0.25) is 0 Å². The average molecular weight is 370 g/mol. The molecular weight excluding hydrogens is 334 g/mol. The largest absolute Gasteiger partial charge is 0.379 e. The van der Waals surface area contributed by atoms with Crippen molar-refractivity contribution in [2.75, 3.05) is 39.6 Å². The standard InChI is InChI=1S/C19H35N3O4/c1-18(2,3)16-15-22(21-20-16)8-10-25-12-14-26-13-11-24-9-7-17(23)19(4,5)6/h15H,7-14H2,1-6H3. The Morgan fingerprint density at radius 3 is 1.96 bits per heavy atom. The molecular formula is C19H35N3O4. The van der Waals surface area contributed by atoms with Crippen LogP contribution in [0.4, 0.5) is 0 Å². The number of ether oxygens (including phenoxy) is 3. The Balaban J connectivity index is 1.94. The van der Waals surface area contributed by atoms with Crippen LogP contribution in [0.15, 0.2) is 6.20 Å². The van der Waals surface area contributed by atoms with Crippen molar-refractivity contribution in [1.82, 2.24) is 15.0 Å². The van der Waals surface area contributed by atoms with Gasteiger partial charge in [-0.25, -0.2) is 4.68 Å². The van der Waals surface area contributed by atoms with E-state index in [2.05, 4.69) is 31.1 Å². The molecule has 150 valence electrons. The van der Waals surface area contributed by atoms with E-state index in [1.807, 2.05) is 27.0 Å². The Hall–Kier alpha value is -1.31. The van der Waals surface area contributed by atoms with Crippen LogP contribution in [0.5, 0.6) is 0 Å². The van der Waals surface area contributed by atoms with Gasteiger partial charge in [-0.05, 0) is 0 Å². The Morgan fingerprint density at radius 2 is 1.46 bits per heavy atom.